The summed E-state index contributed by atoms with van der Waals surface area (Å²) < 4.78 is 27.4. The maximum atomic E-state index is 12.3. The van der Waals surface area contributed by atoms with E-state index in [2.05, 4.69) is 4.72 Å². The molecule has 0 bridgehead atoms. The summed E-state index contributed by atoms with van der Waals surface area (Å²) in [5.41, 5.74) is 5.64. The predicted octanol–water partition coefficient (Wildman–Crippen LogP) is 1.42. The van der Waals surface area contributed by atoms with Crippen LogP contribution in [-0.2, 0) is 10.0 Å². The molecule has 1 atom stereocenters. The molecule has 0 amide bonds. The third-order valence-electron chi connectivity index (χ3n) is 3.11. The van der Waals surface area contributed by atoms with Crippen LogP contribution in [0.25, 0.3) is 0 Å². The standard InChI is InChI=1S/C12H18N2O2S2/c1-17-11-4-2-3-5-12(11)18(15,16)14-10(8-13)9-6-7-9/h2-5,9-10,14H,6-8,13H2,1H3. The van der Waals surface area contributed by atoms with Crippen LogP contribution >= 0.6 is 11.8 Å². The zero-order valence-electron chi connectivity index (χ0n) is 10.3. The summed E-state index contributed by atoms with van der Waals surface area (Å²) in [6, 6.07) is 6.89. The molecule has 1 aromatic rings. The molecule has 0 spiro atoms. The quantitative estimate of drug-likeness (QED) is 0.776. The summed E-state index contributed by atoms with van der Waals surface area (Å²) >= 11 is 1.43. The highest BCUT2D eigenvalue weighted by Gasteiger charge is 2.33. The average Bonchev–Trinajstić information content (AvgIpc) is 3.20. The van der Waals surface area contributed by atoms with Gasteiger partial charge in [0, 0.05) is 17.5 Å². The van der Waals surface area contributed by atoms with Gasteiger partial charge in [0.2, 0.25) is 10.0 Å². The lowest BCUT2D eigenvalue weighted by atomic mass is 10.2. The second kappa shape index (κ2) is 5.61. The number of hydrogen-bond donors (Lipinski definition) is 2. The van der Waals surface area contributed by atoms with Gasteiger partial charge >= 0.3 is 0 Å². The van der Waals surface area contributed by atoms with Crippen LogP contribution in [0.4, 0.5) is 0 Å². The van der Waals surface area contributed by atoms with Crippen LogP contribution in [0.3, 0.4) is 0 Å². The van der Waals surface area contributed by atoms with Crippen molar-refractivity contribution >= 4 is 21.8 Å². The van der Waals surface area contributed by atoms with E-state index in [-0.39, 0.29) is 6.04 Å². The van der Waals surface area contributed by atoms with Crippen molar-refractivity contribution in [1.29, 1.82) is 0 Å². The molecule has 6 heteroatoms. The third-order valence-corrected chi connectivity index (χ3v) is 5.58. The van der Waals surface area contributed by atoms with Gasteiger partial charge in [0.15, 0.2) is 0 Å². The van der Waals surface area contributed by atoms with E-state index in [4.69, 9.17) is 5.73 Å². The van der Waals surface area contributed by atoms with Crippen molar-refractivity contribution in [3.05, 3.63) is 24.3 Å². The molecule has 1 aliphatic rings. The number of nitrogens with one attached hydrogen (secondary N) is 1. The van der Waals surface area contributed by atoms with Crippen molar-refractivity contribution in [2.24, 2.45) is 11.7 Å². The highest BCUT2D eigenvalue weighted by atomic mass is 32.2. The molecule has 1 fully saturated rings. The zero-order chi connectivity index (χ0) is 13.2. The van der Waals surface area contributed by atoms with Crippen molar-refractivity contribution in [3.8, 4) is 0 Å². The number of nitrogens with two attached hydrogens (primary N) is 1. The first kappa shape index (κ1) is 13.9. The van der Waals surface area contributed by atoms with Gasteiger partial charge in [-0.3, -0.25) is 0 Å². The third kappa shape index (κ3) is 3.06. The van der Waals surface area contributed by atoms with Crippen molar-refractivity contribution in [2.75, 3.05) is 12.8 Å². The molecule has 2 rings (SSSR count). The number of sulfonamides is 1. The van der Waals surface area contributed by atoms with Gasteiger partial charge in [-0.05, 0) is 37.1 Å². The predicted molar refractivity (Wildman–Crippen MR) is 74.1 cm³/mol. The summed E-state index contributed by atoms with van der Waals surface area (Å²) in [6.07, 6.45) is 4.00. The highest BCUT2D eigenvalue weighted by Crippen LogP contribution is 2.33. The fraction of sp³-hybridized carbons (Fsp3) is 0.500. The molecule has 3 N–H and O–H groups in total. The van der Waals surface area contributed by atoms with Crippen molar-refractivity contribution in [1.82, 2.24) is 4.72 Å². The van der Waals surface area contributed by atoms with E-state index >= 15 is 0 Å². The summed E-state index contributed by atoms with van der Waals surface area (Å²) in [7, 11) is -3.47. The lowest BCUT2D eigenvalue weighted by molar-refractivity contribution is 0.518. The molecular formula is C12H18N2O2S2. The van der Waals surface area contributed by atoms with Crippen molar-refractivity contribution in [2.45, 2.75) is 28.7 Å². The fourth-order valence-electron chi connectivity index (χ4n) is 1.94. The Balaban J connectivity index is 2.24. The first-order valence-electron chi connectivity index (χ1n) is 5.94. The maximum absolute atomic E-state index is 12.3. The number of hydrogen-bond acceptors (Lipinski definition) is 4. The molecule has 18 heavy (non-hydrogen) atoms. The number of benzene rings is 1. The fourth-order valence-corrected chi connectivity index (χ4v) is 4.41. The SMILES string of the molecule is CSc1ccccc1S(=O)(=O)NC(CN)C1CC1. The molecule has 0 radical (unpaired) electrons. The van der Waals surface area contributed by atoms with Crippen LogP contribution in [0.15, 0.2) is 34.1 Å². The summed E-state index contributed by atoms with van der Waals surface area (Å²) in [5.74, 6) is 0.409. The van der Waals surface area contributed by atoms with Crippen LogP contribution in [0.1, 0.15) is 12.8 Å². The molecule has 0 saturated heterocycles. The minimum atomic E-state index is -3.47. The second-order valence-corrected chi connectivity index (χ2v) is 6.98. The summed E-state index contributed by atoms with van der Waals surface area (Å²) in [5, 5.41) is 0. The second-order valence-electron chi connectivity index (χ2n) is 4.45. The van der Waals surface area contributed by atoms with Crippen molar-refractivity contribution < 1.29 is 8.42 Å². The van der Waals surface area contributed by atoms with E-state index < -0.39 is 10.0 Å². The molecule has 1 unspecified atom stereocenters. The Hall–Kier alpha value is -0.560. The van der Waals surface area contributed by atoms with Gasteiger partial charge in [-0.1, -0.05) is 12.1 Å². The summed E-state index contributed by atoms with van der Waals surface area (Å²) in [6.45, 7) is 0.353. The van der Waals surface area contributed by atoms with Gasteiger partial charge in [0.25, 0.3) is 0 Å². The Morgan fingerprint density at radius 2 is 2.11 bits per heavy atom. The van der Waals surface area contributed by atoms with E-state index in [1.807, 2.05) is 18.4 Å². The molecule has 0 aromatic heterocycles. The molecule has 100 valence electrons. The smallest absolute Gasteiger partial charge is 0.241 e. The number of rotatable bonds is 6. The van der Waals surface area contributed by atoms with Gasteiger partial charge in [-0.25, -0.2) is 13.1 Å². The topological polar surface area (TPSA) is 72.2 Å². The minimum absolute atomic E-state index is 0.134. The largest absolute Gasteiger partial charge is 0.329 e. The van der Waals surface area contributed by atoms with Gasteiger partial charge in [0.1, 0.15) is 0 Å². The Labute approximate surface area is 112 Å². The Morgan fingerprint density at radius 1 is 1.44 bits per heavy atom. The molecule has 0 aliphatic heterocycles. The van der Waals surface area contributed by atoms with Gasteiger partial charge in [-0.2, -0.15) is 0 Å². The molecule has 1 aromatic carbocycles. The van der Waals surface area contributed by atoms with E-state index in [0.29, 0.717) is 17.4 Å². The van der Waals surface area contributed by atoms with E-state index in [0.717, 1.165) is 17.7 Å². The average molecular weight is 286 g/mol. The molecule has 0 heterocycles. The van der Waals surface area contributed by atoms with Crippen LogP contribution in [0.5, 0.6) is 0 Å². The minimum Gasteiger partial charge on any atom is -0.329 e. The number of thioether (sulfide) groups is 1. The van der Waals surface area contributed by atoms with Crippen LogP contribution < -0.4 is 10.5 Å². The Kier molecular flexibility index (Phi) is 4.32. The van der Waals surface area contributed by atoms with Crippen molar-refractivity contribution in [3.63, 3.8) is 0 Å². The van der Waals surface area contributed by atoms with E-state index in [9.17, 15) is 8.42 Å². The first-order valence-corrected chi connectivity index (χ1v) is 8.64. The monoisotopic (exact) mass is 286 g/mol. The molecular weight excluding hydrogens is 268 g/mol. The van der Waals surface area contributed by atoms with E-state index in [1.165, 1.54) is 11.8 Å². The highest BCUT2D eigenvalue weighted by molar-refractivity contribution is 7.99. The zero-order valence-corrected chi connectivity index (χ0v) is 11.9. The van der Waals surface area contributed by atoms with Crippen LogP contribution in [0.2, 0.25) is 0 Å². The maximum Gasteiger partial charge on any atom is 0.241 e. The normalized spacial score (nSPS) is 17.7. The summed E-state index contributed by atoms with van der Waals surface area (Å²) in [4.78, 5) is 1.10. The lowest BCUT2D eigenvalue weighted by Crippen LogP contribution is -2.41. The van der Waals surface area contributed by atoms with Gasteiger partial charge in [-0.15, -0.1) is 11.8 Å². The van der Waals surface area contributed by atoms with Gasteiger partial charge < -0.3 is 5.73 Å². The lowest BCUT2D eigenvalue weighted by Gasteiger charge is -2.17. The molecule has 4 nitrogen and oxygen atoms in total. The first-order chi connectivity index (χ1) is 8.58. The Morgan fingerprint density at radius 3 is 2.67 bits per heavy atom. The molecule has 1 saturated carbocycles. The molecule has 1 aliphatic carbocycles. The van der Waals surface area contributed by atoms with Crippen LogP contribution in [0, 0.1) is 5.92 Å². The Bertz CT molecular complexity index is 513. The van der Waals surface area contributed by atoms with E-state index in [1.54, 1.807) is 12.1 Å². The van der Waals surface area contributed by atoms with Crippen LogP contribution in [-0.4, -0.2) is 27.3 Å². The van der Waals surface area contributed by atoms with Gasteiger partial charge in [0.05, 0.1) is 4.90 Å².